The van der Waals surface area contributed by atoms with Crippen molar-refractivity contribution in [2.45, 2.75) is 25.4 Å². The van der Waals surface area contributed by atoms with Gasteiger partial charge in [0.25, 0.3) is 5.69 Å². The Hall–Kier alpha value is -2.19. The summed E-state index contributed by atoms with van der Waals surface area (Å²) in [7, 11) is 1.37. The number of carbonyl (C=O) groups excluding carboxylic acids is 1. The molecule has 8 heteroatoms. The molecule has 3 N–H and O–H groups in total. The normalized spacial score (nSPS) is 18.5. The largest absolute Gasteiger partial charge is 0.468 e. The number of hydrazine groups is 1. The van der Waals surface area contributed by atoms with E-state index in [4.69, 9.17) is 10.6 Å². The maximum Gasteiger partial charge on any atom is 0.323 e. The number of esters is 1. The minimum absolute atomic E-state index is 0.0798. The predicted octanol–water partition coefficient (Wildman–Crippen LogP) is 1.02. The second-order valence-electron chi connectivity index (χ2n) is 4.90. The van der Waals surface area contributed by atoms with E-state index >= 15 is 0 Å². The highest BCUT2D eigenvalue weighted by Crippen LogP contribution is 2.27. The molecule has 1 atom stereocenters. The summed E-state index contributed by atoms with van der Waals surface area (Å²) in [6, 6.07) is 4.52. The van der Waals surface area contributed by atoms with E-state index in [1.807, 2.05) is 4.90 Å². The molecule has 1 heterocycles. The minimum Gasteiger partial charge on any atom is -0.468 e. The van der Waals surface area contributed by atoms with Crippen molar-refractivity contribution in [1.29, 1.82) is 0 Å². The SMILES string of the molecule is COC(=O)C1CCCN1Cc1ccc(NN)c([N+](=O)[O-])c1. The average molecular weight is 294 g/mol. The van der Waals surface area contributed by atoms with Gasteiger partial charge in [0.2, 0.25) is 0 Å². The molecule has 2 rings (SSSR count). The molecule has 0 aromatic heterocycles. The van der Waals surface area contributed by atoms with E-state index in [0.29, 0.717) is 6.54 Å². The lowest BCUT2D eigenvalue weighted by Gasteiger charge is -2.22. The number of carbonyl (C=O) groups is 1. The third-order valence-corrected chi connectivity index (χ3v) is 3.64. The van der Waals surface area contributed by atoms with Crippen LogP contribution in [0.5, 0.6) is 0 Å². The van der Waals surface area contributed by atoms with Gasteiger partial charge in [-0.1, -0.05) is 6.07 Å². The van der Waals surface area contributed by atoms with Crippen LogP contribution in [0.3, 0.4) is 0 Å². The summed E-state index contributed by atoms with van der Waals surface area (Å²) >= 11 is 0. The van der Waals surface area contributed by atoms with Gasteiger partial charge in [-0.25, -0.2) is 0 Å². The highest BCUT2D eigenvalue weighted by atomic mass is 16.6. The molecule has 1 aliphatic heterocycles. The maximum atomic E-state index is 11.7. The molecular formula is C13H18N4O4. The number of ether oxygens (including phenoxy) is 1. The smallest absolute Gasteiger partial charge is 0.323 e. The van der Waals surface area contributed by atoms with Gasteiger partial charge < -0.3 is 10.2 Å². The summed E-state index contributed by atoms with van der Waals surface area (Å²) in [6.07, 6.45) is 1.65. The third-order valence-electron chi connectivity index (χ3n) is 3.64. The minimum atomic E-state index is -0.486. The molecule has 8 nitrogen and oxygen atoms in total. The standard InChI is InChI=1S/C13H18N4O4/c1-21-13(18)11-3-2-6-16(11)8-9-4-5-10(15-14)12(7-9)17(19)20/h4-5,7,11,15H,2-3,6,8,14H2,1H3. The number of nitrogens with two attached hydrogens (primary N) is 1. The molecule has 1 aliphatic rings. The Kier molecular flexibility index (Phi) is 4.71. The number of nitro benzene ring substituents is 1. The maximum absolute atomic E-state index is 11.7. The zero-order chi connectivity index (χ0) is 15.4. The van der Waals surface area contributed by atoms with Crippen LogP contribution >= 0.6 is 0 Å². The van der Waals surface area contributed by atoms with Gasteiger partial charge in [0.15, 0.2) is 0 Å². The molecule has 0 saturated carbocycles. The number of nitro groups is 1. The molecule has 0 spiro atoms. The van der Waals surface area contributed by atoms with Crippen LogP contribution in [0.4, 0.5) is 11.4 Å². The van der Waals surface area contributed by atoms with Gasteiger partial charge >= 0.3 is 5.97 Å². The lowest BCUT2D eigenvalue weighted by molar-refractivity contribution is -0.384. The third kappa shape index (κ3) is 3.29. The summed E-state index contributed by atoms with van der Waals surface area (Å²) < 4.78 is 4.79. The second-order valence-corrected chi connectivity index (χ2v) is 4.90. The molecule has 114 valence electrons. The Labute approximate surface area is 122 Å². The first-order valence-electron chi connectivity index (χ1n) is 6.62. The molecular weight excluding hydrogens is 276 g/mol. The quantitative estimate of drug-likeness (QED) is 0.361. The second kappa shape index (κ2) is 6.51. The van der Waals surface area contributed by atoms with E-state index < -0.39 is 4.92 Å². The molecule has 0 bridgehead atoms. The van der Waals surface area contributed by atoms with Gasteiger partial charge in [-0.05, 0) is 31.0 Å². The van der Waals surface area contributed by atoms with Gasteiger partial charge in [0, 0.05) is 12.6 Å². The number of nitrogens with zero attached hydrogens (tertiary/aromatic N) is 2. The van der Waals surface area contributed by atoms with E-state index in [9.17, 15) is 14.9 Å². The molecule has 1 aromatic carbocycles. The first-order valence-corrected chi connectivity index (χ1v) is 6.62. The van der Waals surface area contributed by atoms with Gasteiger partial charge in [-0.15, -0.1) is 0 Å². The van der Waals surface area contributed by atoms with Crippen molar-refractivity contribution >= 4 is 17.3 Å². The topological polar surface area (TPSA) is 111 Å². The number of hydrogen-bond acceptors (Lipinski definition) is 7. The van der Waals surface area contributed by atoms with Gasteiger partial charge in [0.05, 0.1) is 12.0 Å². The monoisotopic (exact) mass is 294 g/mol. The van der Waals surface area contributed by atoms with Crippen LogP contribution < -0.4 is 11.3 Å². The molecule has 1 unspecified atom stereocenters. The Bertz CT molecular complexity index is 549. The summed E-state index contributed by atoms with van der Waals surface area (Å²) in [5.74, 6) is 4.99. The zero-order valence-electron chi connectivity index (χ0n) is 11.7. The number of hydrogen-bond donors (Lipinski definition) is 2. The van der Waals surface area contributed by atoms with Gasteiger partial charge in [-0.2, -0.15) is 0 Å². The lowest BCUT2D eigenvalue weighted by Crippen LogP contribution is -2.36. The molecule has 0 amide bonds. The lowest BCUT2D eigenvalue weighted by atomic mass is 10.1. The molecule has 0 aliphatic carbocycles. The first kappa shape index (κ1) is 15.2. The van der Waals surface area contributed by atoms with Gasteiger partial charge in [0.1, 0.15) is 11.7 Å². The zero-order valence-corrected chi connectivity index (χ0v) is 11.7. The summed E-state index contributed by atoms with van der Waals surface area (Å²) in [4.78, 5) is 24.2. The fourth-order valence-electron chi connectivity index (χ4n) is 2.60. The first-order chi connectivity index (χ1) is 10.1. The number of nitrogens with one attached hydrogen (secondary N) is 1. The highest BCUT2D eigenvalue weighted by Gasteiger charge is 2.31. The number of rotatable bonds is 5. The van der Waals surface area contributed by atoms with Crippen LogP contribution in [0.25, 0.3) is 0 Å². The van der Waals surface area contributed by atoms with Crippen molar-refractivity contribution in [2.75, 3.05) is 19.1 Å². The van der Waals surface area contributed by atoms with Crippen molar-refractivity contribution in [2.24, 2.45) is 5.84 Å². The number of anilines is 1. The number of methoxy groups -OCH3 is 1. The molecule has 1 aromatic rings. The van der Waals surface area contributed by atoms with Crippen molar-refractivity contribution < 1.29 is 14.5 Å². The Morgan fingerprint density at radius 3 is 3.00 bits per heavy atom. The van der Waals surface area contributed by atoms with Crippen LogP contribution in [0, 0.1) is 10.1 Å². The Balaban J connectivity index is 2.17. The van der Waals surface area contributed by atoms with E-state index in [2.05, 4.69) is 5.43 Å². The van der Waals surface area contributed by atoms with Crippen LogP contribution in [-0.4, -0.2) is 35.5 Å². The van der Waals surface area contributed by atoms with Gasteiger partial charge in [-0.3, -0.25) is 25.7 Å². The van der Waals surface area contributed by atoms with Crippen LogP contribution in [0.1, 0.15) is 18.4 Å². The van der Waals surface area contributed by atoms with E-state index in [0.717, 1.165) is 24.9 Å². The van der Waals surface area contributed by atoms with E-state index in [1.54, 1.807) is 12.1 Å². The summed E-state index contributed by atoms with van der Waals surface area (Å²) in [6.45, 7) is 1.23. The van der Waals surface area contributed by atoms with Crippen LogP contribution in [0.15, 0.2) is 18.2 Å². The summed E-state index contributed by atoms with van der Waals surface area (Å²) in [5, 5.41) is 11.0. The van der Waals surface area contributed by atoms with Crippen molar-refractivity contribution in [3.05, 3.63) is 33.9 Å². The van der Waals surface area contributed by atoms with Crippen LogP contribution in [0.2, 0.25) is 0 Å². The van der Waals surface area contributed by atoms with Crippen molar-refractivity contribution in [3.63, 3.8) is 0 Å². The predicted molar refractivity (Wildman–Crippen MR) is 76.4 cm³/mol. The number of benzene rings is 1. The fourth-order valence-corrected chi connectivity index (χ4v) is 2.60. The fraction of sp³-hybridized carbons (Fsp3) is 0.462. The molecule has 1 fully saturated rings. The Morgan fingerprint density at radius 2 is 2.38 bits per heavy atom. The average Bonchev–Trinajstić information content (AvgIpc) is 2.94. The molecule has 1 saturated heterocycles. The molecule has 21 heavy (non-hydrogen) atoms. The Morgan fingerprint density at radius 1 is 1.62 bits per heavy atom. The van der Waals surface area contributed by atoms with Crippen molar-refractivity contribution in [3.8, 4) is 0 Å². The van der Waals surface area contributed by atoms with Crippen LogP contribution in [-0.2, 0) is 16.1 Å². The summed E-state index contributed by atoms with van der Waals surface area (Å²) in [5.41, 5.74) is 3.24. The molecule has 0 radical (unpaired) electrons. The number of nitrogen functional groups attached to an aromatic ring is 1. The van der Waals surface area contributed by atoms with Crippen molar-refractivity contribution in [1.82, 2.24) is 4.90 Å². The van der Waals surface area contributed by atoms with E-state index in [-0.39, 0.29) is 23.4 Å². The highest BCUT2D eigenvalue weighted by molar-refractivity contribution is 5.76. The van der Waals surface area contributed by atoms with E-state index in [1.165, 1.54) is 13.2 Å². The number of likely N-dealkylation sites (tertiary alicyclic amines) is 1.